The number of esters is 1. The van der Waals surface area contributed by atoms with Crippen molar-refractivity contribution in [1.82, 2.24) is 0 Å². The summed E-state index contributed by atoms with van der Waals surface area (Å²) in [6.45, 7) is 0.0726. The van der Waals surface area contributed by atoms with E-state index in [4.69, 9.17) is 14.2 Å². The predicted octanol–water partition coefficient (Wildman–Crippen LogP) is 2.94. The largest absolute Gasteiger partial charge is 0.497 e. The summed E-state index contributed by atoms with van der Waals surface area (Å²) in [7, 11) is 2.17. The zero-order valence-corrected chi connectivity index (χ0v) is 14.7. The zero-order chi connectivity index (χ0) is 17.5. The van der Waals surface area contributed by atoms with Crippen molar-refractivity contribution < 1.29 is 23.2 Å². The van der Waals surface area contributed by atoms with Crippen LogP contribution < -0.4 is 9.47 Å². The lowest BCUT2D eigenvalue weighted by Crippen LogP contribution is -2.07. The van der Waals surface area contributed by atoms with Gasteiger partial charge in [0.15, 0.2) is 0 Å². The first kappa shape index (κ1) is 18.0. The van der Waals surface area contributed by atoms with Gasteiger partial charge in [0.2, 0.25) is 0 Å². The molecule has 0 heterocycles. The number of hydrogen-bond acceptors (Lipinski definition) is 5. The van der Waals surface area contributed by atoms with E-state index in [1.54, 1.807) is 56.9 Å². The second-order valence-electron chi connectivity index (χ2n) is 5.17. The van der Waals surface area contributed by atoms with Gasteiger partial charge in [0.25, 0.3) is 0 Å². The third kappa shape index (κ3) is 4.83. The molecule has 24 heavy (non-hydrogen) atoms. The Morgan fingerprint density at radius 1 is 1.08 bits per heavy atom. The molecule has 1 atom stereocenters. The van der Waals surface area contributed by atoms with Crippen LogP contribution in [0, 0.1) is 0 Å². The minimum Gasteiger partial charge on any atom is -0.497 e. The first-order valence-electron chi connectivity index (χ1n) is 7.30. The highest BCUT2D eigenvalue weighted by molar-refractivity contribution is 7.83. The van der Waals surface area contributed by atoms with Crippen LogP contribution in [0.5, 0.6) is 11.5 Å². The third-order valence-electron chi connectivity index (χ3n) is 3.38. The molecule has 0 amide bonds. The summed E-state index contributed by atoms with van der Waals surface area (Å²) in [5.41, 5.74) is 1.99. The van der Waals surface area contributed by atoms with Gasteiger partial charge in [-0.3, -0.25) is 4.21 Å². The Labute approximate surface area is 144 Å². The maximum atomic E-state index is 12.2. The van der Waals surface area contributed by atoms with Gasteiger partial charge in [0.05, 0.1) is 19.8 Å². The Bertz CT molecular complexity index is 742. The van der Waals surface area contributed by atoms with E-state index in [1.165, 1.54) is 0 Å². The van der Waals surface area contributed by atoms with Crippen LogP contribution in [0.25, 0.3) is 0 Å². The molecule has 2 rings (SSSR count). The third-order valence-corrected chi connectivity index (χ3v) is 4.12. The van der Waals surface area contributed by atoms with Crippen LogP contribution in [-0.4, -0.2) is 30.7 Å². The molecule has 5 nitrogen and oxygen atoms in total. The molecular weight excluding hydrogens is 328 g/mol. The normalized spacial score (nSPS) is 11.6. The SMILES string of the molecule is COc1ccc(OC)c(COC(=O)c2cccc(CS(C)=O)c2)c1. The van der Waals surface area contributed by atoms with Gasteiger partial charge >= 0.3 is 5.97 Å². The van der Waals surface area contributed by atoms with Crippen molar-refractivity contribution in [1.29, 1.82) is 0 Å². The first-order valence-corrected chi connectivity index (χ1v) is 9.03. The van der Waals surface area contributed by atoms with Gasteiger partial charge in [0, 0.05) is 28.4 Å². The van der Waals surface area contributed by atoms with Crippen molar-refractivity contribution in [2.45, 2.75) is 12.4 Å². The van der Waals surface area contributed by atoms with E-state index in [0.717, 1.165) is 11.1 Å². The fourth-order valence-corrected chi connectivity index (χ4v) is 2.89. The van der Waals surface area contributed by atoms with Crippen molar-refractivity contribution in [3.63, 3.8) is 0 Å². The van der Waals surface area contributed by atoms with Gasteiger partial charge in [-0.2, -0.15) is 0 Å². The molecule has 0 aliphatic heterocycles. The molecule has 6 heteroatoms. The summed E-state index contributed by atoms with van der Waals surface area (Å²) < 4.78 is 27.1. The average Bonchev–Trinajstić information content (AvgIpc) is 2.59. The molecule has 0 aromatic heterocycles. The summed E-state index contributed by atoms with van der Waals surface area (Å²) in [5.74, 6) is 1.25. The number of methoxy groups -OCH3 is 2. The lowest BCUT2D eigenvalue weighted by atomic mass is 10.1. The smallest absolute Gasteiger partial charge is 0.338 e. The van der Waals surface area contributed by atoms with E-state index >= 15 is 0 Å². The fourth-order valence-electron chi connectivity index (χ4n) is 2.24. The van der Waals surface area contributed by atoms with Crippen molar-refractivity contribution in [2.24, 2.45) is 0 Å². The zero-order valence-electron chi connectivity index (χ0n) is 13.9. The van der Waals surface area contributed by atoms with Gasteiger partial charge in [-0.15, -0.1) is 0 Å². The molecule has 1 unspecified atom stereocenters. The average molecular weight is 348 g/mol. The van der Waals surface area contributed by atoms with Gasteiger partial charge in [-0.05, 0) is 35.9 Å². The molecule has 2 aromatic rings. The Morgan fingerprint density at radius 2 is 1.88 bits per heavy atom. The highest BCUT2D eigenvalue weighted by Crippen LogP contribution is 2.25. The lowest BCUT2D eigenvalue weighted by Gasteiger charge is -2.11. The number of carbonyl (C=O) groups excluding carboxylic acids is 1. The van der Waals surface area contributed by atoms with E-state index in [-0.39, 0.29) is 6.61 Å². The van der Waals surface area contributed by atoms with Gasteiger partial charge in [-0.25, -0.2) is 4.79 Å². The van der Waals surface area contributed by atoms with Crippen LogP contribution in [-0.2, 0) is 27.9 Å². The van der Waals surface area contributed by atoms with Crippen LogP contribution in [0.3, 0.4) is 0 Å². The Hall–Kier alpha value is -2.34. The minimum atomic E-state index is -0.962. The number of ether oxygens (including phenoxy) is 3. The molecule has 0 N–H and O–H groups in total. The first-order chi connectivity index (χ1) is 11.5. The second kappa shape index (κ2) is 8.49. The summed E-state index contributed by atoms with van der Waals surface area (Å²) >= 11 is 0. The summed E-state index contributed by atoms with van der Waals surface area (Å²) in [6.07, 6.45) is 1.63. The maximum Gasteiger partial charge on any atom is 0.338 e. The Kier molecular flexibility index (Phi) is 6.37. The van der Waals surface area contributed by atoms with E-state index < -0.39 is 16.8 Å². The predicted molar refractivity (Wildman–Crippen MR) is 92.9 cm³/mol. The Morgan fingerprint density at radius 3 is 2.54 bits per heavy atom. The fraction of sp³-hybridized carbons (Fsp3) is 0.278. The number of rotatable bonds is 7. The van der Waals surface area contributed by atoms with Crippen molar-refractivity contribution in [2.75, 3.05) is 20.5 Å². The van der Waals surface area contributed by atoms with Gasteiger partial charge in [0.1, 0.15) is 18.1 Å². The molecule has 0 aliphatic carbocycles. The summed E-state index contributed by atoms with van der Waals surface area (Å²) in [5, 5.41) is 0. The van der Waals surface area contributed by atoms with E-state index in [0.29, 0.717) is 22.8 Å². The molecule has 0 radical (unpaired) electrons. The molecule has 0 spiro atoms. The molecule has 2 aromatic carbocycles. The van der Waals surface area contributed by atoms with E-state index in [1.807, 2.05) is 6.07 Å². The summed E-state index contributed by atoms with van der Waals surface area (Å²) in [6, 6.07) is 12.3. The van der Waals surface area contributed by atoms with Crippen molar-refractivity contribution >= 4 is 16.8 Å². The van der Waals surface area contributed by atoms with E-state index in [2.05, 4.69) is 0 Å². The standard InChI is InChI=1S/C18H20O5S/c1-21-16-7-8-17(22-2)15(10-16)11-23-18(19)14-6-4-5-13(9-14)12-24(3)20/h4-10H,11-12H2,1-3H3. The van der Waals surface area contributed by atoms with Crippen LogP contribution >= 0.6 is 0 Å². The lowest BCUT2D eigenvalue weighted by molar-refractivity contribution is 0.0469. The van der Waals surface area contributed by atoms with Crippen molar-refractivity contribution in [3.05, 3.63) is 59.2 Å². The van der Waals surface area contributed by atoms with Gasteiger partial charge in [-0.1, -0.05) is 12.1 Å². The monoisotopic (exact) mass is 348 g/mol. The quantitative estimate of drug-likeness (QED) is 0.720. The molecular formula is C18H20O5S. The topological polar surface area (TPSA) is 61.8 Å². The maximum absolute atomic E-state index is 12.2. The highest BCUT2D eigenvalue weighted by Gasteiger charge is 2.11. The molecule has 128 valence electrons. The number of hydrogen-bond donors (Lipinski definition) is 0. The Balaban J connectivity index is 2.09. The molecule has 0 fully saturated rings. The number of carbonyl (C=O) groups is 1. The van der Waals surface area contributed by atoms with Crippen LogP contribution in [0.1, 0.15) is 21.5 Å². The number of benzene rings is 2. The van der Waals surface area contributed by atoms with Crippen molar-refractivity contribution in [3.8, 4) is 11.5 Å². The van der Waals surface area contributed by atoms with Crippen LogP contribution in [0.4, 0.5) is 0 Å². The molecule has 0 saturated carbocycles. The van der Waals surface area contributed by atoms with Gasteiger partial charge < -0.3 is 14.2 Å². The minimum absolute atomic E-state index is 0.0726. The second-order valence-corrected chi connectivity index (χ2v) is 6.61. The molecule has 0 aliphatic rings. The van der Waals surface area contributed by atoms with Crippen LogP contribution in [0.2, 0.25) is 0 Å². The highest BCUT2D eigenvalue weighted by atomic mass is 32.2. The van der Waals surface area contributed by atoms with E-state index in [9.17, 15) is 9.00 Å². The molecule has 0 saturated heterocycles. The van der Waals surface area contributed by atoms with Crippen LogP contribution in [0.15, 0.2) is 42.5 Å². The summed E-state index contributed by atoms with van der Waals surface area (Å²) in [4.78, 5) is 12.2. The molecule has 0 bridgehead atoms.